The minimum atomic E-state index is -0.330. The van der Waals surface area contributed by atoms with E-state index in [4.69, 9.17) is 9.84 Å². The lowest BCUT2D eigenvalue weighted by atomic mass is 10.4. The molecule has 1 aromatic rings. The summed E-state index contributed by atoms with van der Waals surface area (Å²) in [6.07, 6.45) is 3.86. The smallest absolute Gasteiger partial charge is 0.313 e. The maximum atomic E-state index is 11.0. The Bertz CT molecular complexity index is 246. The lowest BCUT2D eigenvalue weighted by Crippen LogP contribution is -2.10. The van der Waals surface area contributed by atoms with Crippen LogP contribution < -0.4 is 0 Å². The molecular formula is C8H12N2O3. The Kier molecular flexibility index (Phi) is 3.98. The van der Waals surface area contributed by atoms with Crippen LogP contribution in [0.4, 0.5) is 0 Å². The van der Waals surface area contributed by atoms with Gasteiger partial charge < -0.3 is 14.8 Å². The van der Waals surface area contributed by atoms with Gasteiger partial charge in [0.25, 0.3) is 0 Å². The molecule has 0 aliphatic heterocycles. The summed E-state index contributed by atoms with van der Waals surface area (Å²) in [5.41, 5.74) is 0. The second-order valence-electron chi connectivity index (χ2n) is 2.51. The molecule has 0 saturated carbocycles. The third-order valence-corrected chi connectivity index (χ3v) is 1.43. The average Bonchev–Trinajstić information content (AvgIpc) is 2.57. The van der Waals surface area contributed by atoms with Crippen molar-refractivity contribution >= 4 is 5.97 Å². The number of hydrogen-bond acceptors (Lipinski definition) is 4. The number of aliphatic hydroxyl groups is 1. The molecule has 0 spiro atoms. The van der Waals surface area contributed by atoms with Crippen molar-refractivity contribution in [2.24, 2.45) is 0 Å². The number of hydrogen-bond donors (Lipinski definition) is 2. The van der Waals surface area contributed by atoms with Crippen LogP contribution in [-0.4, -0.2) is 34.3 Å². The molecule has 0 saturated heterocycles. The molecule has 5 heteroatoms. The van der Waals surface area contributed by atoms with Gasteiger partial charge in [-0.25, -0.2) is 4.98 Å². The van der Waals surface area contributed by atoms with Crippen LogP contribution in [0, 0.1) is 0 Å². The van der Waals surface area contributed by atoms with Crippen LogP contribution in [0.25, 0.3) is 0 Å². The predicted octanol–water partition coefficient (Wildman–Crippen LogP) is -0.122. The highest BCUT2D eigenvalue weighted by Gasteiger charge is 2.05. The molecule has 2 N–H and O–H groups in total. The summed E-state index contributed by atoms with van der Waals surface area (Å²) in [5, 5.41) is 8.43. The second-order valence-corrected chi connectivity index (χ2v) is 2.51. The molecule has 0 bridgehead atoms. The third kappa shape index (κ3) is 3.71. The largest absolute Gasteiger partial charge is 0.465 e. The number of aromatic amines is 1. The Balaban J connectivity index is 2.18. The Morgan fingerprint density at radius 2 is 2.54 bits per heavy atom. The van der Waals surface area contributed by atoms with Crippen LogP contribution in [-0.2, 0) is 16.0 Å². The van der Waals surface area contributed by atoms with Crippen molar-refractivity contribution in [2.45, 2.75) is 12.8 Å². The lowest BCUT2D eigenvalue weighted by molar-refractivity contribution is -0.143. The molecule has 1 rings (SSSR count). The van der Waals surface area contributed by atoms with Gasteiger partial charge in [-0.05, 0) is 0 Å². The zero-order chi connectivity index (χ0) is 9.52. The predicted molar refractivity (Wildman–Crippen MR) is 45.0 cm³/mol. The van der Waals surface area contributed by atoms with Gasteiger partial charge in [0, 0.05) is 25.4 Å². The normalized spacial score (nSPS) is 9.92. The van der Waals surface area contributed by atoms with Crippen LogP contribution in [0.2, 0.25) is 0 Å². The van der Waals surface area contributed by atoms with Gasteiger partial charge in [0.05, 0.1) is 6.61 Å². The fourth-order valence-corrected chi connectivity index (χ4v) is 0.833. The molecule has 0 aliphatic carbocycles. The van der Waals surface area contributed by atoms with Gasteiger partial charge in [-0.3, -0.25) is 4.79 Å². The van der Waals surface area contributed by atoms with Crippen LogP contribution in [0.3, 0.4) is 0 Å². The molecular weight excluding hydrogens is 172 g/mol. The molecule has 0 atom stereocenters. The van der Waals surface area contributed by atoms with Crippen molar-refractivity contribution in [2.75, 3.05) is 13.2 Å². The molecule has 0 radical (unpaired) electrons. The minimum Gasteiger partial charge on any atom is -0.465 e. The number of ether oxygens (including phenoxy) is 1. The van der Waals surface area contributed by atoms with E-state index in [2.05, 4.69) is 9.97 Å². The van der Waals surface area contributed by atoms with Gasteiger partial charge in [0.2, 0.25) is 0 Å². The van der Waals surface area contributed by atoms with Gasteiger partial charge in [0.15, 0.2) is 0 Å². The lowest BCUT2D eigenvalue weighted by Gasteiger charge is -2.01. The molecule has 0 unspecified atom stereocenters. The standard InChI is InChI=1S/C8H12N2O3/c11-4-1-5-13-8(12)6-7-9-2-3-10-7/h2-3,11H,1,4-6H2,(H,9,10). The molecule has 0 amide bonds. The number of carbonyl (C=O) groups excluding carboxylic acids is 1. The highest BCUT2D eigenvalue weighted by atomic mass is 16.5. The van der Waals surface area contributed by atoms with E-state index >= 15 is 0 Å². The third-order valence-electron chi connectivity index (χ3n) is 1.43. The fourth-order valence-electron chi connectivity index (χ4n) is 0.833. The maximum Gasteiger partial charge on any atom is 0.313 e. The van der Waals surface area contributed by atoms with Crippen molar-refractivity contribution in [1.29, 1.82) is 0 Å². The highest BCUT2D eigenvalue weighted by molar-refractivity contribution is 5.71. The first-order valence-electron chi connectivity index (χ1n) is 4.07. The van der Waals surface area contributed by atoms with E-state index in [9.17, 15) is 4.79 Å². The van der Waals surface area contributed by atoms with E-state index in [1.54, 1.807) is 12.4 Å². The van der Waals surface area contributed by atoms with Crippen LogP contribution in [0.15, 0.2) is 12.4 Å². The summed E-state index contributed by atoms with van der Waals surface area (Å²) in [7, 11) is 0. The maximum absolute atomic E-state index is 11.0. The number of esters is 1. The summed E-state index contributed by atoms with van der Waals surface area (Å²) in [6, 6.07) is 0. The number of nitrogens with one attached hydrogen (secondary N) is 1. The van der Waals surface area contributed by atoms with Crippen molar-refractivity contribution < 1.29 is 14.6 Å². The van der Waals surface area contributed by atoms with Gasteiger partial charge in [-0.2, -0.15) is 0 Å². The molecule has 0 fully saturated rings. The first-order valence-corrected chi connectivity index (χ1v) is 4.07. The van der Waals surface area contributed by atoms with E-state index in [1.807, 2.05) is 0 Å². The first kappa shape index (κ1) is 9.73. The molecule has 0 aliphatic rings. The monoisotopic (exact) mass is 184 g/mol. The Hall–Kier alpha value is -1.36. The van der Waals surface area contributed by atoms with Crippen molar-refractivity contribution in [3.63, 3.8) is 0 Å². The van der Waals surface area contributed by atoms with Crippen molar-refractivity contribution in [3.8, 4) is 0 Å². The van der Waals surface area contributed by atoms with Crippen LogP contribution >= 0.6 is 0 Å². The Labute approximate surface area is 75.8 Å². The molecule has 5 nitrogen and oxygen atoms in total. The molecule has 13 heavy (non-hydrogen) atoms. The number of aliphatic hydroxyl groups excluding tert-OH is 1. The van der Waals surface area contributed by atoms with E-state index < -0.39 is 0 Å². The molecule has 1 aromatic heterocycles. The van der Waals surface area contributed by atoms with E-state index in [1.165, 1.54) is 0 Å². The average molecular weight is 184 g/mol. The zero-order valence-electron chi connectivity index (χ0n) is 7.19. The Morgan fingerprint density at radius 3 is 3.15 bits per heavy atom. The van der Waals surface area contributed by atoms with E-state index in [-0.39, 0.29) is 25.6 Å². The topological polar surface area (TPSA) is 75.2 Å². The summed E-state index contributed by atoms with van der Waals surface area (Å²) in [5.74, 6) is 0.261. The summed E-state index contributed by atoms with van der Waals surface area (Å²) < 4.78 is 4.80. The minimum absolute atomic E-state index is 0.0357. The van der Waals surface area contributed by atoms with Gasteiger partial charge >= 0.3 is 5.97 Å². The second kappa shape index (κ2) is 5.31. The molecule has 1 heterocycles. The number of nitrogens with zero attached hydrogens (tertiary/aromatic N) is 1. The summed E-state index contributed by atoms with van der Waals surface area (Å²) >= 11 is 0. The van der Waals surface area contributed by atoms with E-state index in [0.717, 1.165) is 0 Å². The Morgan fingerprint density at radius 1 is 1.69 bits per heavy atom. The van der Waals surface area contributed by atoms with Gasteiger partial charge in [-0.1, -0.05) is 0 Å². The SMILES string of the molecule is O=C(Cc1ncc[nH]1)OCCCO. The fraction of sp³-hybridized carbons (Fsp3) is 0.500. The highest BCUT2D eigenvalue weighted by Crippen LogP contribution is 1.93. The number of aromatic nitrogens is 2. The quantitative estimate of drug-likeness (QED) is 0.494. The van der Waals surface area contributed by atoms with Crippen molar-refractivity contribution in [1.82, 2.24) is 9.97 Å². The van der Waals surface area contributed by atoms with Gasteiger partial charge in [0.1, 0.15) is 12.2 Å². The summed E-state index contributed by atoms with van der Waals surface area (Å²) in [6.45, 7) is 0.296. The molecule has 0 aromatic carbocycles. The number of rotatable bonds is 5. The van der Waals surface area contributed by atoms with Crippen LogP contribution in [0.5, 0.6) is 0 Å². The number of imidazole rings is 1. The number of carbonyl (C=O) groups is 1. The van der Waals surface area contributed by atoms with Crippen LogP contribution in [0.1, 0.15) is 12.2 Å². The molecule has 72 valence electrons. The summed E-state index contributed by atoms with van der Waals surface area (Å²) in [4.78, 5) is 17.7. The van der Waals surface area contributed by atoms with Crippen molar-refractivity contribution in [3.05, 3.63) is 18.2 Å². The zero-order valence-corrected chi connectivity index (χ0v) is 7.19. The first-order chi connectivity index (χ1) is 6.33. The van der Waals surface area contributed by atoms with Gasteiger partial charge in [-0.15, -0.1) is 0 Å². The van der Waals surface area contributed by atoms with E-state index in [0.29, 0.717) is 12.2 Å². The number of H-pyrrole nitrogens is 1.